The van der Waals surface area contributed by atoms with E-state index in [0.29, 0.717) is 18.1 Å². The Balaban J connectivity index is 2.12. The number of rotatable bonds is 5. The number of ether oxygens (including phenoxy) is 2. The fraction of sp³-hybridized carbons (Fsp3) is 0.308. The van der Waals surface area contributed by atoms with Crippen LogP contribution < -0.4 is 15.2 Å². The van der Waals surface area contributed by atoms with Crippen LogP contribution in [0, 0.1) is 0 Å². The van der Waals surface area contributed by atoms with Crippen LogP contribution in [0.5, 0.6) is 11.5 Å². The highest BCUT2D eigenvalue weighted by molar-refractivity contribution is 7.07. The number of nitrogens with zero attached hydrogens (tertiary/aromatic N) is 1. The Morgan fingerprint density at radius 2 is 2.22 bits per heavy atom. The number of benzene rings is 1. The van der Waals surface area contributed by atoms with E-state index in [0.717, 1.165) is 11.3 Å². The minimum Gasteiger partial charge on any atom is -0.493 e. The molecular formula is C13H16N2O2S. The highest BCUT2D eigenvalue weighted by Gasteiger charge is 2.08. The highest BCUT2D eigenvalue weighted by Crippen LogP contribution is 2.30. The zero-order valence-corrected chi connectivity index (χ0v) is 11.2. The molecule has 0 unspecified atom stereocenters. The van der Waals surface area contributed by atoms with Gasteiger partial charge in [0, 0.05) is 11.4 Å². The lowest BCUT2D eigenvalue weighted by molar-refractivity contribution is 0.281. The first-order valence-electron chi connectivity index (χ1n) is 5.64. The third-order valence-corrected chi connectivity index (χ3v) is 3.21. The molecule has 1 atom stereocenters. The van der Waals surface area contributed by atoms with Gasteiger partial charge >= 0.3 is 0 Å². The number of methoxy groups -OCH3 is 1. The summed E-state index contributed by atoms with van der Waals surface area (Å²) in [4.78, 5) is 4.17. The molecule has 18 heavy (non-hydrogen) atoms. The van der Waals surface area contributed by atoms with Gasteiger partial charge in [-0.25, -0.2) is 4.98 Å². The SMILES string of the molecule is COc1cc([C@H](C)N)ccc1OCc1cscn1. The first-order valence-corrected chi connectivity index (χ1v) is 6.58. The maximum atomic E-state index is 5.83. The van der Waals surface area contributed by atoms with Crippen molar-refractivity contribution >= 4 is 11.3 Å². The third-order valence-electron chi connectivity index (χ3n) is 2.57. The van der Waals surface area contributed by atoms with Crippen molar-refractivity contribution in [2.75, 3.05) is 7.11 Å². The van der Waals surface area contributed by atoms with Crippen LogP contribution in [0.1, 0.15) is 24.2 Å². The topological polar surface area (TPSA) is 57.4 Å². The number of thiazole rings is 1. The number of hydrogen-bond donors (Lipinski definition) is 1. The van der Waals surface area contributed by atoms with Crippen molar-refractivity contribution in [1.82, 2.24) is 4.98 Å². The summed E-state index contributed by atoms with van der Waals surface area (Å²) in [5.41, 5.74) is 9.56. The monoisotopic (exact) mass is 264 g/mol. The molecule has 0 radical (unpaired) electrons. The molecule has 0 bridgehead atoms. The lowest BCUT2D eigenvalue weighted by Gasteiger charge is -2.13. The molecule has 0 spiro atoms. The van der Waals surface area contributed by atoms with E-state index < -0.39 is 0 Å². The summed E-state index contributed by atoms with van der Waals surface area (Å²) < 4.78 is 11.0. The molecule has 2 aromatic rings. The summed E-state index contributed by atoms with van der Waals surface area (Å²) in [7, 11) is 1.62. The van der Waals surface area contributed by atoms with Gasteiger partial charge in [-0.1, -0.05) is 6.07 Å². The van der Waals surface area contributed by atoms with Crippen molar-refractivity contribution in [3.05, 3.63) is 40.3 Å². The van der Waals surface area contributed by atoms with Crippen LogP contribution in [-0.2, 0) is 6.61 Å². The number of hydrogen-bond acceptors (Lipinski definition) is 5. The minimum atomic E-state index is -0.0218. The van der Waals surface area contributed by atoms with E-state index in [-0.39, 0.29) is 6.04 Å². The molecule has 0 aliphatic heterocycles. The van der Waals surface area contributed by atoms with E-state index in [9.17, 15) is 0 Å². The molecule has 0 aliphatic rings. The molecular weight excluding hydrogens is 248 g/mol. The Bertz CT molecular complexity index is 498. The molecule has 2 N–H and O–H groups in total. The third kappa shape index (κ3) is 3.00. The second-order valence-corrected chi connectivity index (χ2v) is 4.69. The van der Waals surface area contributed by atoms with Gasteiger partial charge in [0.2, 0.25) is 0 Å². The van der Waals surface area contributed by atoms with Crippen molar-refractivity contribution in [1.29, 1.82) is 0 Å². The Kier molecular flexibility index (Phi) is 4.17. The standard InChI is InChI=1S/C13H16N2O2S/c1-9(14)10-3-4-12(13(5-10)16-2)17-6-11-7-18-8-15-11/h3-5,7-9H,6,14H2,1-2H3/t9-/m0/s1. The second kappa shape index (κ2) is 5.84. The first-order chi connectivity index (χ1) is 8.70. The van der Waals surface area contributed by atoms with Crippen LogP contribution in [0.15, 0.2) is 29.1 Å². The molecule has 0 fully saturated rings. The Hall–Kier alpha value is -1.59. The van der Waals surface area contributed by atoms with Crippen molar-refractivity contribution in [2.45, 2.75) is 19.6 Å². The normalized spacial score (nSPS) is 12.2. The summed E-state index contributed by atoms with van der Waals surface area (Å²) in [5.74, 6) is 1.40. The van der Waals surface area contributed by atoms with Crippen LogP contribution >= 0.6 is 11.3 Å². The fourth-order valence-electron chi connectivity index (χ4n) is 1.55. The highest BCUT2D eigenvalue weighted by atomic mass is 32.1. The molecule has 0 saturated heterocycles. The van der Waals surface area contributed by atoms with Crippen molar-refractivity contribution < 1.29 is 9.47 Å². The van der Waals surface area contributed by atoms with Crippen LogP contribution in [0.3, 0.4) is 0 Å². The first kappa shape index (κ1) is 12.9. The lowest BCUT2D eigenvalue weighted by Crippen LogP contribution is -2.05. The van der Waals surface area contributed by atoms with E-state index in [2.05, 4.69) is 4.98 Å². The van der Waals surface area contributed by atoms with Crippen molar-refractivity contribution in [2.24, 2.45) is 5.73 Å². The quantitative estimate of drug-likeness (QED) is 0.902. The average Bonchev–Trinajstić information content (AvgIpc) is 2.89. The maximum absolute atomic E-state index is 5.83. The Morgan fingerprint density at radius 1 is 1.39 bits per heavy atom. The van der Waals surface area contributed by atoms with E-state index in [1.807, 2.05) is 30.5 Å². The molecule has 0 aliphatic carbocycles. The summed E-state index contributed by atoms with van der Waals surface area (Å²) in [6, 6.07) is 5.71. The van der Waals surface area contributed by atoms with Gasteiger partial charge in [0.15, 0.2) is 11.5 Å². The zero-order valence-electron chi connectivity index (χ0n) is 10.4. The van der Waals surface area contributed by atoms with Gasteiger partial charge in [-0.05, 0) is 24.6 Å². The zero-order chi connectivity index (χ0) is 13.0. The van der Waals surface area contributed by atoms with Crippen LogP contribution in [0.4, 0.5) is 0 Å². The summed E-state index contributed by atoms with van der Waals surface area (Å²) >= 11 is 1.55. The molecule has 1 heterocycles. The second-order valence-electron chi connectivity index (χ2n) is 3.97. The van der Waals surface area contributed by atoms with Crippen molar-refractivity contribution in [3.8, 4) is 11.5 Å². The van der Waals surface area contributed by atoms with E-state index >= 15 is 0 Å². The molecule has 4 nitrogen and oxygen atoms in total. The molecule has 5 heteroatoms. The fourth-order valence-corrected chi connectivity index (χ4v) is 2.09. The molecule has 0 saturated carbocycles. The van der Waals surface area contributed by atoms with Gasteiger partial charge in [-0.15, -0.1) is 11.3 Å². The van der Waals surface area contributed by atoms with Gasteiger partial charge in [0.05, 0.1) is 18.3 Å². The number of nitrogens with two attached hydrogens (primary N) is 1. The minimum absolute atomic E-state index is 0.0218. The van der Waals surface area contributed by atoms with Crippen LogP contribution in [0.25, 0.3) is 0 Å². The lowest BCUT2D eigenvalue weighted by atomic mass is 10.1. The summed E-state index contributed by atoms with van der Waals surface area (Å²) in [6.45, 7) is 2.38. The predicted octanol–water partition coefficient (Wildman–Crippen LogP) is 2.75. The van der Waals surface area contributed by atoms with Gasteiger partial charge in [0.1, 0.15) is 6.61 Å². The maximum Gasteiger partial charge on any atom is 0.161 e. The van der Waals surface area contributed by atoms with Gasteiger partial charge in [0.25, 0.3) is 0 Å². The smallest absolute Gasteiger partial charge is 0.161 e. The van der Waals surface area contributed by atoms with E-state index in [4.69, 9.17) is 15.2 Å². The van der Waals surface area contributed by atoms with Gasteiger partial charge in [-0.2, -0.15) is 0 Å². The average molecular weight is 264 g/mol. The molecule has 96 valence electrons. The van der Waals surface area contributed by atoms with Crippen LogP contribution in [0.2, 0.25) is 0 Å². The van der Waals surface area contributed by atoms with Crippen LogP contribution in [-0.4, -0.2) is 12.1 Å². The largest absolute Gasteiger partial charge is 0.493 e. The Morgan fingerprint density at radius 3 is 2.83 bits per heavy atom. The van der Waals surface area contributed by atoms with Crippen molar-refractivity contribution in [3.63, 3.8) is 0 Å². The van der Waals surface area contributed by atoms with Gasteiger partial charge in [-0.3, -0.25) is 0 Å². The summed E-state index contributed by atoms with van der Waals surface area (Å²) in [6.07, 6.45) is 0. The molecule has 1 aromatic carbocycles. The number of aromatic nitrogens is 1. The van der Waals surface area contributed by atoms with E-state index in [1.165, 1.54) is 0 Å². The summed E-state index contributed by atoms with van der Waals surface area (Å²) in [5, 5.41) is 1.96. The molecule has 0 amide bonds. The van der Waals surface area contributed by atoms with E-state index in [1.54, 1.807) is 24.0 Å². The van der Waals surface area contributed by atoms with Gasteiger partial charge < -0.3 is 15.2 Å². The Labute approximate surface area is 110 Å². The predicted molar refractivity (Wildman–Crippen MR) is 72.0 cm³/mol. The molecule has 1 aromatic heterocycles. The molecule has 2 rings (SSSR count).